The summed E-state index contributed by atoms with van der Waals surface area (Å²) in [5.41, 5.74) is 0. The van der Waals surface area contributed by atoms with Gasteiger partial charge in [0.25, 0.3) is 0 Å². The summed E-state index contributed by atoms with van der Waals surface area (Å²) in [5, 5.41) is 3.16. The van der Waals surface area contributed by atoms with Gasteiger partial charge in [0.05, 0.1) is 18.1 Å². The standard InChI is InChI=1S/C10H17BrN4O2S/c1-8(2)12-4-3-5-18(16,17)15-10-7-13-9(11)6-14-10/h6-8,12H,3-5H2,1-2H3,(H,14,15). The highest BCUT2D eigenvalue weighted by molar-refractivity contribution is 9.10. The Morgan fingerprint density at radius 3 is 2.61 bits per heavy atom. The monoisotopic (exact) mass is 336 g/mol. The van der Waals surface area contributed by atoms with Crippen LogP contribution in [0.4, 0.5) is 5.82 Å². The van der Waals surface area contributed by atoms with Crippen LogP contribution in [0.2, 0.25) is 0 Å². The summed E-state index contributed by atoms with van der Waals surface area (Å²) in [5.74, 6) is 0.291. The molecule has 0 radical (unpaired) electrons. The molecule has 0 spiro atoms. The molecule has 0 aliphatic heterocycles. The smallest absolute Gasteiger partial charge is 0.233 e. The molecule has 0 aromatic carbocycles. The number of hydrogen-bond acceptors (Lipinski definition) is 5. The van der Waals surface area contributed by atoms with Gasteiger partial charge in [-0.15, -0.1) is 0 Å². The summed E-state index contributed by atoms with van der Waals surface area (Å²) in [7, 11) is -3.35. The van der Waals surface area contributed by atoms with E-state index >= 15 is 0 Å². The predicted octanol–water partition coefficient (Wildman–Crippen LogP) is 1.37. The second-order valence-electron chi connectivity index (χ2n) is 4.11. The molecule has 0 fully saturated rings. The zero-order valence-electron chi connectivity index (χ0n) is 10.4. The maximum Gasteiger partial charge on any atom is 0.233 e. The van der Waals surface area contributed by atoms with Gasteiger partial charge in [-0.2, -0.15) is 0 Å². The zero-order chi connectivity index (χ0) is 13.6. The van der Waals surface area contributed by atoms with E-state index in [1.807, 2.05) is 13.8 Å². The van der Waals surface area contributed by atoms with E-state index in [1.165, 1.54) is 12.4 Å². The lowest BCUT2D eigenvalue weighted by atomic mass is 10.4. The average Bonchev–Trinajstić information content (AvgIpc) is 2.27. The van der Waals surface area contributed by atoms with Crippen LogP contribution < -0.4 is 10.0 Å². The van der Waals surface area contributed by atoms with Crippen molar-refractivity contribution < 1.29 is 8.42 Å². The molecular formula is C10H17BrN4O2S. The fraction of sp³-hybridized carbons (Fsp3) is 0.600. The van der Waals surface area contributed by atoms with Crippen LogP contribution in [0, 0.1) is 0 Å². The van der Waals surface area contributed by atoms with Crippen molar-refractivity contribution in [2.75, 3.05) is 17.0 Å². The molecule has 0 aliphatic carbocycles. The average molecular weight is 337 g/mol. The Kier molecular flexibility index (Phi) is 5.97. The minimum atomic E-state index is -3.35. The molecule has 1 aromatic heterocycles. The van der Waals surface area contributed by atoms with Crippen LogP contribution in [0.1, 0.15) is 20.3 Å². The maximum absolute atomic E-state index is 11.7. The maximum atomic E-state index is 11.7. The first-order chi connectivity index (χ1) is 8.39. The molecule has 0 saturated heterocycles. The lowest BCUT2D eigenvalue weighted by Crippen LogP contribution is -2.26. The SMILES string of the molecule is CC(C)NCCCS(=O)(=O)Nc1cnc(Br)cn1. The van der Waals surface area contributed by atoms with E-state index in [2.05, 4.69) is 35.9 Å². The molecule has 1 aromatic rings. The first-order valence-electron chi connectivity index (χ1n) is 5.60. The van der Waals surface area contributed by atoms with Crippen LogP contribution in [0.25, 0.3) is 0 Å². The molecule has 0 amide bonds. The summed E-state index contributed by atoms with van der Waals surface area (Å²) in [6.07, 6.45) is 3.36. The fourth-order valence-corrected chi connectivity index (χ4v) is 2.48. The molecule has 6 nitrogen and oxygen atoms in total. The number of nitrogens with zero attached hydrogens (tertiary/aromatic N) is 2. The highest BCUT2D eigenvalue weighted by Gasteiger charge is 2.11. The minimum absolute atomic E-state index is 0.0600. The Labute approximate surface area is 116 Å². The van der Waals surface area contributed by atoms with Gasteiger partial charge in [0.2, 0.25) is 10.0 Å². The van der Waals surface area contributed by atoms with Gasteiger partial charge in [-0.05, 0) is 28.9 Å². The number of hydrogen-bond donors (Lipinski definition) is 2. The molecule has 0 unspecified atom stereocenters. The molecule has 2 N–H and O–H groups in total. The quantitative estimate of drug-likeness (QED) is 0.734. The number of halogens is 1. The molecule has 0 aliphatic rings. The van der Waals surface area contributed by atoms with Gasteiger partial charge in [0.1, 0.15) is 4.60 Å². The normalized spacial score (nSPS) is 11.8. The largest absolute Gasteiger partial charge is 0.314 e. The second kappa shape index (κ2) is 7.01. The van der Waals surface area contributed by atoms with Crippen molar-refractivity contribution in [3.05, 3.63) is 17.0 Å². The molecule has 8 heteroatoms. The number of nitrogens with one attached hydrogen (secondary N) is 2. The Balaban J connectivity index is 2.42. The van der Waals surface area contributed by atoms with Crippen LogP contribution >= 0.6 is 15.9 Å². The van der Waals surface area contributed by atoms with Gasteiger partial charge in [0, 0.05) is 6.04 Å². The van der Waals surface area contributed by atoms with Gasteiger partial charge >= 0.3 is 0 Å². The van der Waals surface area contributed by atoms with Crippen molar-refractivity contribution in [1.29, 1.82) is 0 Å². The van der Waals surface area contributed by atoms with Crippen molar-refractivity contribution >= 4 is 31.8 Å². The van der Waals surface area contributed by atoms with E-state index in [0.717, 1.165) is 0 Å². The molecule has 18 heavy (non-hydrogen) atoms. The van der Waals surface area contributed by atoms with Crippen LogP contribution in [-0.2, 0) is 10.0 Å². The van der Waals surface area contributed by atoms with E-state index in [4.69, 9.17) is 0 Å². The van der Waals surface area contributed by atoms with Crippen LogP contribution in [0.5, 0.6) is 0 Å². The minimum Gasteiger partial charge on any atom is -0.314 e. The van der Waals surface area contributed by atoms with E-state index in [1.54, 1.807) is 0 Å². The summed E-state index contributed by atoms with van der Waals surface area (Å²) >= 11 is 3.13. The van der Waals surface area contributed by atoms with Crippen molar-refractivity contribution in [2.45, 2.75) is 26.3 Å². The Hall–Kier alpha value is -0.730. The van der Waals surface area contributed by atoms with E-state index < -0.39 is 10.0 Å². The van der Waals surface area contributed by atoms with Gasteiger partial charge in [0.15, 0.2) is 5.82 Å². The first-order valence-corrected chi connectivity index (χ1v) is 8.05. The van der Waals surface area contributed by atoms with Gasteiger partial charge in [-0.3, -0.25) is 4.72 Å². The van der Waals surface area contributed by atoms with Gasteiger partial charge < -0.3 is 5.32 Å². The Bertz CT molecular complexity index is 461. The molecule has 1 heterocycles. The lowest BCUT2D eigenvalue weighted by Gasteiger charge is -2.09. The molecule has 1 rings (SSSR count). The molecule has 0 bridgehead atoms. The van der Waals surface area contributed by atoms with Crippen molar-refractivity contribution in [3.63, 3.8) is 0 Å². The van der Waals surface area contributed by atoms with E-state index in [0.29, 0.717) is 23.6 Å². The molecular weight excluding hydrogens is 320 g/mol. The van der Waals surface area contributed by atoms with Crippen molar-refractivity contribution in [1.82, 2.24) is 15.3 Å². The Morgan fingerprint density at radius 1 is 1.33 bits per heavy atom. The van der Waals surface area contributed by atoms with Crippen LogP contribution in [-0.4, -0.2) is 36.7 Å². The number of sulfonamides is 1. The highest BCUT2D eigenvalue weighted by atomic mass is 79.9. The second-order valence-corrected chi connectivity index (χ2v) is 6.76. The molecule has 102 valence electrons. The van der Waals surface area contributed by atoms with E-state index in [-0.39, 0.29) is 11.6 Å². The van der Waals surface area contributed by atoms with Crippen molar-refractivity contribution in [3.8, 4) is 0 Å². The third kappa shape index (κ3) is 6.27. The molecule has 0 atom stereocenters. The Morgan fingerprint density at radius 2 is 2.06 bits per heavy atom. The third-order valence-corrected chi connectivity index (χ3v) is 3.78. The molecule has 0 saturated carbocycles. The number of aromatic nitrogens is 2. The number of rotatable bonds is 7. The third-order valence-electron chi connectivity index (χ3n) is 2.02. The van der Waals surface area contributed by atoms with Crippen LogP contribution in [0.15, 0.2) is 17.0 Å². The fourth-order valence-electron chi connectivity index (χ4n) is 1.23. The van der Waals surface area contributed by atoms with Gasteiger partial charge in [-0.1, -0.05) is 13.8 Å². The summed E-state index contributed by atoms with van der Waals surface area (Å²) in [6.45, 7) is 4.71. The highest BCUT2D eigenvalue weighted by Crippen LogP contribution is 2.08. The van der Waals surface area contributed by atoms with E-state index in [9.17, 15) is 8.42 Å². The van der Waals surface area contributed by atoms with Gasteiger partial charge in [-0.25, -0.2) is 18.4 Å². The summed E-state index contributed by atoms with van der Waals surface area (Å²) < 4.78 is 26.4. The summed E-state index contributed by atoms with van der Waals surface area (Å²) in [4.78, 5) is 7.80. The van der Waals surface area contributed by atoms with Crippen molar-refractivity contribution in [2.24, 2.45) is 0 Å². The summed E-state index contributed by atoms with van der Waals surface area (Å²) in [6, 6.07) is 0.359. The topological polar surface area (TPSA) is 84.0 Å². The predicted molar refractivity (Wildman–Crippen MR) is 74.9 cm³/mol. The zero-order valence-corrected chi connectivity index (χ0v) is 12.8. The van der Waals surface area contributed by atoms with Crippen LogP contribution in [0.3, 0.4) is 0 Å². The number of anilines is 1. The first kappa shape index (κ1) is 15.3. The lowest BCUT2D eigenvalue weighted by molar-refractivity contribution is 0.571.